The smallest absolute Gasteiger partial charge is 0.315 e. The molecule has 270 valence electrons. The van der Waals surface area contributed by atoms with Gasteiger partial charge in [0.25, 0.3) is 0 Å². The molecule has 8 heteroatoms. The molecule has 0 unspecified atom stereocenters. The maximum atomic E-state index is 13.8. The molecule has 3 N–H and O–H groups in total. The van der Waals surface area contributed by atoms with Gasteiger partial charge < -0.3 is 20.5 Å². The van der Waals surface area contributed by atoms with Crippen molar-refractivity contribution in [2.24, 2.45) is 50.7 Å². The predicted octanol–water partition coefficient (Wildman–Crippen LogP) is 8.23. The molecule has 8 nitrogen and oxygen atoms in total. The van der Waals surface area contributed by atoms with Crippen LogP contribution in [0, 0.1) is 50.7 Å². The Bertz CT molecular complexity index is 1400. The number of amides is 2. The number of carbonyl (C=O) groups excluding carboxylic acids is 3. The molecular weight excluding hydrogens is 604 g/mol. The summed E-state index contributed by atoms with van der Waals surface area (Å²) in [4.78, 5) is 52.0. The van der Waals surface area contributed by atoms with E-state index in [1.807, 2.05) is 20.8 Å². The number of hydrogen-bond donors (Lipinski definition) is 3. The summed E-state index contributed by atoms with van der Waals surface area (Å²) < 4.78 is 6.14. The fourth-order valence-electron chi connectivity index (χ4n) is 12.2. The van der Waals surface area contributed by atoms with Crippen molar-refractivity contribution < 1.29 is 29.0 Å². The van der Waals surface area contributed by atoms with Crippen LogP contribution in [0.25, 0.3) is 0 Å². The van der Waals surface area contributed by atoms with E-state index in [0.29, 0.717) is 18.3 Å². The van der Waals surface area contributed by atoms with Gasteiger partial charge in [0, 0.05) is 17.4 Å². The fraction of sp³-hybridized carbons (Fsp3) is 0.850. The van der Waals surface area contributed by atoms with E-state index in [2.05, 4.69) is 59.1 Å². The van der Waals surface area contributed by atoms with Crippen molar-refractivity contribution in [1.82, 2.24) is 10.6 Å². The molecule has 8 atom stereocenters. The van der Waals surface area contributed by atoms with Crippen LogP contribution in [0.15, 0.2) is 11.1 Å². The van der Waals surface area contributed by atoms with Gasteiger partial charge in [-0.05, 0) is 137 Å². The number of ether oxygens (including phenoxy) is 1. The molecule has 5 rings (SSSR count). The molecule has 0 saturated heterocycles. The van der Waals surface area contributed by atoms with Gasteiger partial charge in [0.05, 0.1) is 17.4 Å². The molecule has 5 aliphatic carbocycles. The lowest BCUT2D eigenvalue weighted by Gasteiger charge is -2.72. The maximum absolute atomic E-state index is 13.8. The molecule has 0 spiro atoms. The summed E-state index contributed by atoms with van der Waals surface area (Å²) in [6.07, 6.45) is 7.66. The van der Waals surface area contributed by atoms with Crippen molar-refractivity contribution in [2.75, 3.05) is 0 Å². The van der Waals surface area contributed by atoms with Gasteiger partial charge in [-0.15, -0.1) is 0 Å². The average molecular weight is 669 g/mol. The Morgan fingerprint density at radius 3 is 2.10 bits per heavy atom. The molecule has 4 saturated carbocycles. The molecule has 0 bridgehead atoms. The molecule has 0 aromatic carbocycles. The van der Waals surface area contributed by atoms with Crippen LogP contribution < -0.4 is 10.6 Å². The average Bonchev–Trinajstić information content (AvgIpc) is 3.21. The Morgan fingerprint density at radius 1 is 0.875 bits per heavy atom. The Kier molecular flexibility index (Phi) is 8.90. The standard InChI is InChI=1S/C40H64N2O6/c1-23(2)30-25(43)21-40(42-33(47)41-34(3,4)5)20-19-38(11)24(31(30)40)13-14-27-37(10)17-16-28(48-29(44)22-35(6,7)32(45)46)36(8,9)26(37)15-18-39(27,38)12/h23-24,26-28H,13-22H2,1-12H3,(H,45,46)(H2,41,42,47)/t24-,26+,27-,28+,37+,38-,39-,40-/m1/s1. The SMILES string of the molecule is CC(C)C1=C2[C@H]3CC[C@@H]4[C@@]5(C)CC[C@H](OC(=O)CC(C)(C)C(=O)O)C(C)(C)[C@@H]5CC[C@@]4(C)[C@]3(C)CC[C@@]2(NC(=O)NC(C)(C)C)CC1=O. The molecule has 48 heavy (non-hydrogen) atoms. The van der Waals surface area contributed by atoms with Gasteiger partial charge in [-0.25, -0.2) is 4.79 Å². The third kappa shape index (κ3) is 5.63. The van der Waals surface area contributed by atoms with Crippen molar-refractivity contribution in [2.45, 2.75) is 164 Å². The van der Waals surface area contributed by atoms with Crippen LogP contribution in [0.3, 0.4) is 0 Å². The second kappa shape index (κ2) is 11.6. The van der Waals surface area contributed by atoms with E-state index in [4.69, 9.17) is 4.74 Å². The summed E-state index contributed by atoms with van der Waals surface area (Å²) in [6, 6.07) is -0.194. The topological polar surface area (TPSA) is 122 Å². The van der Waals surface area contributed by atoms with Gasteiger partial charge in [0.2, 0.25) is 0 Å². The summed E-state index contributed by atoms with van der Waals surface area (Å²) in [5.41, 5.74) is -0.135. The number of carbonyl (C=O) groups is 4. The van der Waals surface area contributed by atoms with Gasteiger partial charge in [-0.1, -0.05) is 48.5 Å². The monoisotopic (exact) mass is 668 g/mol. The molecule has 0 aromatic rings. The number of urea groups is 1. The number of esters is 1. The minimum atomic E-state index is -1.16. The van der Waals surface area contributed by atoms with E-state index in [9.17, 15) is 24.3 Å². The summed E-state index contributed by atoms with van der Waals surface area (Å²) in [7, 11) is 0. The first-order valence-electron chi connectivity index (χ1n) is 18.7. The third-order valence-electron chi connectivity index (χ3n) is 14.7. The van der Waals surface area contributed by atoms with Crippen molar-refractivity contribution >= 4 is 23.8 Å². The van der Waals surface area contributed by atoms with Gasteiger partial charge in [-0.3, -0.25) is 14.4 Å². The zero-order valence-corrected chi connectivity index (χ0v) is 31.9. The number of fused-ring (bicyclic) bond motifs is 7. The van der Waals surface area contributed by atoms with E-state index in [0.717, 1.165) is 56.9 Å². The van der Waals surface area contributed by atoms with Crippen LogP contribution >= 0.6 is 0 Å². The third-order valence-corrected chi connectivity index (χ3v) is 14.7. The Hall–Kier alpha value is -2.38. The minimum absolute atomic E-state index is 0.0223. The zero-order valence-electron chi connectivity index (χ0n) is 31.9. The molecule has 0 aliphatic heterocycles. The van der Waals surface area contributed by atoms with Crippen LogP contribution in [0.5, 0.6) is 0 Å². The molecule has 4 fully saturated rings. The summed E-state index contributed by atoms with van der Waals surface area (Å²) in [5, 5.41) is 16.1. The lowest BCUT2D eigenvalue weighted by atomic mass is 9.33. The van der Waals surface area contributed by atoms with Crippen LogP contribution in [0.4, 0.5) is 4.79 Å². The van der Waals surface area contributed by atoms with Gasteiger partial charge >= 0.3 is 18.0 Å². The van der Waals surface area contributed by atoms with E-state index >= 15 is 0 Å². The largest absolute Gasteiger partial charge is 0.481 e. The summed E-state index contributed by atoms with van der Waals surface area (Å²) in [5.74, 6) is -0.0361. The maximum Gasteiger partial charge on any atom is 0.315 e. The molecule has 0 heterocycles. The lowest BCUT2D eigenvalue weighted by molar-refractivity contribution is -0.232. The van der Waals surface area contributed by atoms with Crippen molar-refractivity contribution in [3.63, 3.8) is 0 Å². The molecular formula is C40H64N2O6. The van der Waals surface area contributed by atoms with Crippen LogP contribution in [-0.2, 0) is 19.1 Å². The second-order valence-corrected chi connectivity index (χ2v) is 19.8. The normalized spacial score (nSPS) is 39.1. The summed E-state index contributed by atoms with van der Waals surface area (Å²) >= 11 is 0. The highest BCUT2D eigenvalue weighted by Gasteiger charge is 2.70. The zero-order chi connectivity index (χ0) is 36.0. The van der Waals surface area contributed by atoms with E-state index in [-0.39, 0.29) is 63.4 Å². The van der Waals surface area contributed by atoms with Gasteiger partial charge in [0.1, 0.15) is 6.10 Å². The number of allylic oxidation sites excluding steroid dienone is 1. The van der Waals surface area contributed by atoms with E-state index in [1.165, 1.54) is 5.57 Å². The number of hydrogen-bond acceptors (Lipinski definition) is 5. The highest BCUT2D eigenvalue weighted by molar-refractivity contribution is 6.02. The minimum Gasteiger partial charge on any atom is -0.481 e. The Balaban J connectivity index is 1.45. The Morgan fingerprint density at radius 2 is 1.52 bits per heavy atom. The highest BCUT2D eigenvalue weighted by atomic mass is 16.5. The summed E-state index contributed by atoms with van der Waals surface area (Å²) in [6.45, 7) is 25.4. The van der Waals surface area contributed by atoms with E-state index < -0.39 is 22.9 Å². The first-order chi connectivity index (χ1) is 21.8. The lowest BCUT2D eigenvalue weighted by Crippen LogP contribution is -2.67. The molecule has 5 aliphatic rings. The number of carboxylic acids is 1. The Labute approximate surface area is 289 Å². The second-order valence-electron chi connectivity index (χ2n) is 19.8. The van der Waals surface area contributed by atoms with Crippen molar-refractivity contribution in [3.05, 3.63) is 11.1 Å². The number of Topliss-reactive ketones (excluding diaryl/α,β-unsaturated/α-hetero) is 1. The van der Waals surface area contributed by atoms with Crippen LogP contribution in [0.1, 0.15) is 147 Å². The molecule has 0 radical (unpaired) electrons. The predicted molar refractivity (Wildman–Crippen MR) is 187 cm³/mol. The first kappa shape index (κ1) is 36.9. The number of carboxylic acid groups (broad SMARTS) is 1. The number of nitrogens with one attached hydrogen (secondary N) is 2. The van der Waals surface area contributed by atoms with Crippen LogP contribution in [-0.4, -0.2) is 46.0 Å². The highest BCUT2D eigenvalue weighted by Crippen LogP contribution is 2.75. The van der Waals surface area contributed by atoms with Gasteiger partial charge in [0.15, 0.2) is 5.78 Å². The fourth-order valence-corrected chi connectivity index (χ4v) is 12.2. The van der Waals surface area contributed by atoms with Crippen molar-refractivity contribution in [1.29, 1.82) is 0 Å². The van der Waals surface area contributed by atoms with Crippen LogP contribution in [0.2, 0.25) is 0 Å². The van der Waals surface area contributed by atoms with Crippen molar-refractivity contribution in [3.8, 4) is 0 Å². The molecule has 0 aromatic heterocycles. The first-order valence-corrected chi connectivity index (χ1v) is 18.7. The number of aliphatic carboxylic acids is 1. The van der Waals surface area contributed by atoms with Gasteiger partial charge in [-0.2, -0.15) is 0 Å². The number of rotatable bonds is 6. The quantitative estimate of drug-likeness (QED) is 0.245. The number of ketones is 1. The molecule has 2 amide bonds. The van der Waals surface area contributed by atoms with E-state index in [1.54, 1.807) is 13.8 Å².